The minimum atomic E-state index is -1.66. The molecule has 15 heavy (non-hydrogen) atoms. The van der Waals surface area contributed by atoms with Crippen molar-refractivity contribution in [2.24, 2.45) is 11.7 Å². The lowest BCUT2D eigenvalue weighted by Gasteiger charge is -2.26. The van der Waals surface area contributed by atoms with Crippen molar-refractivity contribution in [3.05, 3.63) is 23.9 Å². The molecule has 0 aliphatic heterocycles. The van der Waals surface area contributed by atoms with Gasteiger partial charge in [0.15, 0.2) is 0 Å². The predicted octanol–water partition coefficient (Wildman–Crippen LogP) is -0.431. The molecule has 0 bridgehead atoms. The molecule has 1 aliphatic carbocycles. The number of nitrogens with two attached hydrogens (primary N) is 1. The van der Waals surface area contributed by atoms with Crippen LogP contribution in [0.25, 0.3) is 0 Å². The molecule has 6 heteroatoms. The van der Waals surface area contributed by atoms with E-state index < -0.39 is 23.5 Å². The number of aliphatic carboxylic acids is 2. The van der Waals surface area contributed by atoms with Gasteiger partial charge in [0.2, 0.25) is 5.60 Å². The van der Waals surface area contributed by atoms with E-state index in [0.717, 1.165) is 6.08 Å². The number of hydrogen-bond acceptors (Lipinski definition) is 4. The first-order chi connectivity index (χ1) is 6.93. The van der Waals surface area contributed by atoms with Gasteiger partial charge in [0.1, 0.15) is 5.92 Å². The summed E-state index contributed by atoms with van der Waals surface area (Å²) in [5.74, 6) is -3.37. The molecule has 0 aromatic heterocycles. The van der Waals surface area contributed by atoms with Gasteiger partial charge in [-0.25, -0.2) is 4.79 Å². The molecule has 1 aliphatic rings. The van der Waals surface area contributed by atoms with Crippen molar-refractivity contribution in [2.75, 3.05) is 7.11 Å². The maximum atomic E-state index is 10.9. The van der Waals surface area contributed by atoms with Crippen LogP contribution in [0.1, 0.15) is 0 Å². The summed E-state index contributed by atoms with van der Waals surface area (Å²) in [5, 5.41) is 17.6. The summed E-state index contributed by atoms with van der Waals surface area (Å²) in [6, 6.07) is 0. The van der Waals surface area contributed by atoms with E-state index in [0.29, 0.717) is 0 Å². The highest BCUT2D eigenvalue weighted by Crippen LogP contribution is 2.25. The van der Waals surface area contributed by atoms with Gasteiger partial charge in [0.25, 0.3) is 0 Å². The van der Waals surface area contributed by atoms with Crippen molar-refractivity contribution in [3.8, 4) is 0 Å². The van der Waals surface area contributed by atoms with Gasteiger partial charge in [0.05, 0.1) is 0 Å². The maximum absolute atomic E-state index is 10.9. The highest BCUT2D eigenvalue weighted by atomic mass is 16.5. The number of carboxylic acid groups (broad SMARTS) is 2. The summed E-state index contributed by atoms with van der Waals surface area (Å²) in [7, 11) is 1.21. The molecule has 4 N–H and O–H groups in total. The number of ether oxygens (including phenoxy) is 1. The lowest BCUT2D eigenvalue weighted by atomic mass is 9.90. The minimum absolute atomic E-state index is 0.0470. The van der Waals surface area contributed by atoms with Crippen LogP contribution in [0.4, 0.5) is 0 Å². The number of carbonyl (C=O) groups is 2. The Morgan fingerprint density at radius 1 is 1.53 bits per heavy atom. The first-order valence-corrected chi connectivity index (χ1v) is 4.12. The molecule has 0 heterocycles. The molecular formula is C9H11NO5. The summed E-state index contributed by atoms with van der Waals surface area (Å²) in [6.07, 6.45) is 3.47. The van der Waals surface area contributed by atoms with E-state index in [-0.39, 0.29) is 5.70 Å². The molecule has 0 saturated carbocycles. The molecular weight excluding hydrogens is 202 g/mol. The first-order valence-electron chi connectivity index (χ1n) is 4.12. The van der Waals surface area contributed by atoms with Gasteiger partial charge in [-0.15, -0.1) is 0 Å². The van der Waals surface area contributed by atoms with Gasteiger partial charge in [-0.2, -0.15) is 0 Å². The molecule has 6 nitrogen and oxygen atoms in total. The molecule has 0 spiro atoms. The second kappa shape index (κ2) is 3.74. The van der Waals surface area contributed by atoms with Gasteiger partial charge >= 0.3 is 11.9 Å². The summed E-state index contributed by atoms with van der Waals surface area (Å²) in [4.78, 5) is 21.6. The molecule has 1 rings (SSSR count). The Kier molecular flexibility index (Phi) is 2.81. The molecule has 0 saturated heterocycles. The second-order valence-corrected chi connectivity index (χ2v) is 3.12. The Bertz CT molecular complexity index is 360. The molecule has 0 fully saturated rings. The van der Waals surface area contributed by atoms with E-state index in [1.165, 1.54) is 19.3 Å². The van der Waals surface area contributed by atoms with Crippen LogP contribution in [0, 0.1) is 5.92 Å². The Morgan fingerprint density at radius 3 is 2.47 bits per heavy atom. The van der Waals surface area contributed by atoms with Crippen LogP contribution in [0.2, 0.25) is 0 Å². The molecule has 2 atom stereocenters. The molecule has 0 aromatic rings. The topological polar surface area (TPSA) is 110 Å². The summed E-state index contributed by atoms with van der Waals surface area (Å²) >= 11 is 0. The molecule has 0 radical (unpaired) electrons. The fraction of sp³-hybridized carbons (Fsp3) is 0.333. The number of carboxylic acids is 2. The smallest absolute Gasteiger partial charge is 0.344 e. The minimum Gasteiger partial charge on any atom is -0.481 e. The Balaban J connectivity index is 3.08. The zero-order chi connectivity index (χ0) is 11.6. The number of methoxy groups -OCH3 is 1. The largest absolute Gasteiger partial charge is 0.481 e. The standard InChI is InChI=1S/C9H11NO5/c1-15-9(8(13)14)3-2-5(7(11)12)6(10)4-9/h2-5H,10H2,1H3,(H,11,12)(H,13,14). The van der Waals surface area contributed by atoms with E-state index in [1.807, 2.05) is 0 Å². The molecule has 82 valence electrons. The molecule has 2 unspecified atom stereocenters. The zero-order valence-corrected chi connectivity index (χ0v) is 8.01. The number of rotatable bonds is 3. The third kappa shape index (κ3) is 1.84. The second-order valence-electron chi connectivity index (χ2n) is 3.12. The summed E-state index contributed by atoms with van der Waals surface area (Å²) < 4.78 is 4.80. The van der Waals surface area contributed by atoms with Gasteiger partial charge in [-0.05, 0) is 12.2 Å². The van der Waals surface area contributed by atoms with Crippen LogP contribution in [-0.2, 0) is 14.3 Å². The SMILES string of the molecule is COC1(C(=O)O)C=CC(C(=O)O)C(N)=C1. The Morgan fingerprint density at radius 2 is 2.13 bits per heavy atom. The zero-order valence-electron chi connectivity index (χ0n) is 8.01. The fourth-order valence-corrected chi connectivity index (χ4v) is 1.31. The van der Waals surface area contributed by atoms with Gasteiger partial charge in [-0.1, -0.05) is 6.08 Å². The van der Waals surface area contributed by atoms with E-state index in [9.17, 15) is 9.59 Å². The van der Waals surface area contributed by atoms with Crippen LogP contribution in [0.3, 0.4) is 0 Å². The lowest BCUT2D eigenvalue weighted by molar-refractivity contribution is -0.152. The van der Waals surface area contributed by atoms with Crippen LogP contribution in [-0.4, -0.2) is 34.9 Å². The van der Waals surface area contributed by atoms with E-state index in [2.05, 4.69) is 0 Å². The quantitative estimate of drug-likeness (QED) is 0.549. The van der Waals surface area contributed by atoms with Crippen molar-refractivity contribution in [1.29, 1.82) is 0 Å². The van der Waals surface area contributed by atoms with Crippen molar-refractivity contribution in [1.82, 2.24) is 0 Å². The van der Waals surface area contributed by atoms with Crippen LogP contribution >= 0.6 is 0 Å². The molecule has 0 amide bonds. The maximum Gasteiger partial charge on any atom is 0.344 e. The van der Waals surface area contributed by atoms with Crippen molar-refractivity contribution in [3.63, 3.8) is 0 Å². The highest BCUT2D eigenvalue weighted by molar-refractivity contribution is 5.86. The van der Waals surface area contributed by atoms with Gasteiger partial charge in [-0.3, -0.25) is 4.79 Å². The van der Waals surface area contributed by atoms with Crippen LogP contribution in [0.5, 0.6) is 0 Å². The van der Waals surface area contributed by atoms with E-state index in [4.69, 9.17) is 20.7 Å². The first kappa shape index (κ1) is 11.3. The average molecular weight is 213 g/mol. The summed E-state index contributed by atoms with van der Waals surface area (Å²) in [6.45, 7) is 0. The van der Waals surface area contributed by atoms with Crippen LogP contribution < -0.4 is 5.73 Å². The van der Waals surface area contributed by atoms with E-state index >= 15 is 0 Å². The normalized spacial score (nSPS) is 29.7. The highest BCUT2D eigenvalue weighted by Gasteiger charge is 2.38. The van der Waals surface area contributed by atoms with Crippen molar-refractivity contribution >= 4 is 11.9 Å². The van der Waals surface area contributed by atoms with E-state index in [1.54, 1.807) is 0 Å². The van der Waals surface area contributed by atoms with Gasteiger partial charge in [0, 0.05) is 12.8 Å². The monoisotopic (exact) mass is 213 g/mol. The average Bonchev–Trinajstić information content (AvgIpc) is 2.16. The lowest BCUT2D eigenvalue weighted by Crippen LogP contribution is -2.41. The van der Waals surface area contributed by atoms with Gasteiger partial charge < -0.3 is 20.7 Å². The molecule has 0 aromatic carbocycles. The van der Waals surface area contributed by atoms with Crippen molar-refractivity contribution in [2.45, 2.75) is 5.60 Å². The fourth-order valence-electron chi connectivity index (χ4n) is 1.31. The van der Waals surface area contributed by atoms with Crippen molar-refractivity contribution < 1.29 is 24.5 Å². The Hall–Kier alpha value is -1.82. The van der Waals surface area contributed by atoms with Crippen LogP contribution in [0.15, 0.2) is 23.9 Å². The Labute approximate surface area is 85.6 Å². The number of hydrogen-bond donors (Lipinski definition) is 3. The third-order valence-corrected chi connectivity index (χ3v) is 2.21. The summed E-state index contributed by atoms with van der Waals surface area (Å²) in [5.41, 5.74) is 3.75. The predicted molar refractivity (Wildman–Crippen MR) is 49.9 cm³/mol. The third-order valence-electron chi connectivity index (χ3n) is 2.21.